The summed E-state index contributed by atoms with van der Waals surface area (Å²) in [5, 5.41) is 2.52. The number of nitrogens with two attached hydrogens (primary N) is 1. The molecule has 0 saturated carbocycles. The van der Waals surface area contributed by atoms with Gasteiger partial charge in [-0.1, -0.05) is 19.9 Å². The molecule has 0 aliphatic heterocycles. The summed E-state index contributed by atoms with van der Waals surface area (Å²) in [5.74, 6) is -1.82. The van der Waals surface area contributed by atoms with Gasteiger partial charge in [-0.2, -0.15) is 0 Å². The highest BCUT2D eigenvalue weighted by Gasteiger charge is 2.22. The average molecular weight is 293 g/mol. The second-order valence-electron chi connectivity index (χ2n) is 4.64. The van der Waals surface area contributed by atoms with Crippen molar-refractivity contribution in [2.45, 2.75) is 32.9 Å². The first-order chi connectivity index (χ1) is 8.34. The van der Waals surface area contributed by atoms with Gasteiger partial charge in [-0.05, 0) is 25.0 Å². The maximum atomic E-state index is 13.5. The third kappa shape index (κ3) is 4.44. The van der Waals surface area contributed by atoms with Crippen LogP contribution < -0.4 is 11.1 Å². The van der Waals surface area contributed by atoms with Crippen LogP contribution in [0.1, 0.15) is 32.4 Å². The van der Waals surface area contributed by atoms with Gasteiger partial charge in [0.15, 0.2) is 0 Å². The molecule has 1 aromatic rings. The Bertz CT molecular complexity index is 420. The normalized spacial score (nSPS) is 13.6. The Hall–Kier alpha value is -1.20. The summed E-state index contributed by atoms with van der Waals surface area (Å²) < 4.78 is 27.0. The Balaban J connectivity index is 0.00000324. The molecule has 2 atom stereocenters. The molecule has 1 aromatic carbocycles. The maximum Gasteiger partial charge on any atom is 0.237 e. The Labute approximate surface area is 118 Å². The smallest absolute Gasteiger partial charge is 0.237 e. The molecular weight excluding hydrogens is 274 g/mol. The van der Waals surface area contributed by atoms with Crippen molar-refractivity contribution in [3.05, 3.63) is 35.4 Å². The van der Waals surface area contributed by atoms with Crippen LogP contribution in [0.25, 0.3) is 0 Å². The van der Waals surface area contributed by atoms with Crippen LogP contribution in [0, 0.1) is 17.6 Å². The average Bonchev–Trinajstić information content (AvgIpc) is 2.27. The van der Waals surface area contributed by atoms with E-state index in [4.69, 9.17) is 5.73 Å². The first-order valence-corrected chi connectivity index (χ1v) is 5.84. The van der Waals surface area contributed by atoms with Gasteiger partial charge in [0, 0.05) is 5.56 Å². The lowest BCUT2D eigenvalue weighted by Crippen LogP contribution is -2.44. The van der Waals surface area contributed by atoms with Crippen LogP contribution in [0.3, 0.4) is 0 Å². The molecule has 0 heterocycles. The number of carbonyl (C=O) groups is 1. The van der Waals surface area contributed by atoms with Crippen molar-refractivity contribution in [1.29, 1.82) is 0 Å². The van der Waals surface area contributed by atoms with Gasteiger partial charge in [-0.25, -0.2) is 8.78 Å². The Morgan fingerprint density at radius 1 is 1.21 bits per heavy atom. The molecule has 0 radical (unpaired) electrons. The molecular formula is C13H19ClF2N2O. The van der Waals surface area contributed by atoms with Crippen LogP contribution in [0.4, 0.5) is 8.78 Å². The summed E-state index contributed by atoms with van der Waals surface area (Å²) in [4.78, 5) is 11.7. The quantitative estimate of drug-likeness (QED) is 0.896. The maximum absolute atomic E-state index is 13.5. The van der Waals surface area contributed by atoms with Crippen LogP contribution in [0.15, 0.2) is 18.2 Å². The Morgan fingerprint density at radius 3 is 2.11 bits per heavy atom. The molecule has 0 aromatic heterocycles. The van der Waals surface area contributed by atoms with E-state index < -0.39 is 29.6 Å². The van der Waals surface area contributed by atoms with Crippen LogP contribution >= 0.6 is 12.4 Å². The summed E-state index contributed by atoms with van der Waals surface area (Å²) in [6, 6.07) is 2.14. The molecule has 0 bridgehead atoms. The molecule has 3 N–H and O–H groups in total. The van der Waals surface area contributed by atoms with E-state index in [1.54, 1.807) is 13.8 Å². The molecule has 108 valence electrons. The lowest BCUT2D eigenvalue weighted by atomic mass is 10.0. The van der Waals surface area contributed by atoms with Crippen LogP contribution in [0.2, 0.25) is 0 Å². The van der Waals surface area contributed by atoms with Gasteiger partial charge in [0.1, 0.15) is 11.6 Å². The number of nitrogens with one attached hydrogen (secondary N) is 1. The number of hydrogen-bond donors (Lipinski definition) is 2. The molecule has 19 heavy (non-hydrogen) atoms. The highest BCUT2D eigenvalue weighted by atomic mass is 35.5. The first-order valence-electron chi connectivity index (χ1n) is 5.84. The fraction of sp³-hybridized carbons (Fsp3) is 0.462. The Morgan fingerprint density at radius 2 is 1.68 bits per heavy atom. The van der Waals surface area contributed by atoms with Crippen molar-refractivity contribution in [2.24, 2.45) is 11.7 Å². The molecule has 0 saturated heterocycles. The van der Waals surface area contributed by atoms with E-state index in [2.05, 4.69) is 5.32 Å². The van der Waals surface area contributed by atoms with Crippen LogP contribution in [-0.4, -0.2) is 11.9 Å². The molecule has 6 heteroatoms. The highest BCUT2D eigenvalue weighted by Crippen LogP contribution is 2.20. The standard InChI is InChI=1S/C13H18F2N2O.ClH/c1-7(2)12(16)13(18)17-8(3)11-9(14)5-4-6-10(11)15;/h4-8,12H,16H2,1-3H3,(H,17,18);1H. The van der Waals surface area contributed by atoms with Crippen LogP contribution in [-0.2, 0) is 4.79 Å². The van der Waals surface area contributed by atoms with Gasteiger partial charge >= 0.3 is 0 Å². The van der Waals surface area contributed by atoms with Crippen molar-refractivity contribution in [1.82, 2.24) is 5.32 Å². The fourth-order valence-corrected chi connectivity index (χ4v) is 1.61. The fourth-order valence-electron chi connectivity index (χ4n) is 1.61. The second-order valence-corrected chi connectivity index (χ2v) is 4.64. The zero-order chi connectivity index (χ0) is 13.9. The first kappa shape index (κ1) is 17.8. The predicted molar refractivity (Wildman–Crippen MR) is 73.0 cm³/mol. The lowest BCUT2D eigenvalue weighted by molar-refractivity contribution is -0.123. The van der Waals surface area contributed by atoms with Crippen molar-refractivity contribution < 1.29 is 13.6 Å². The number of halogens is 3. The van der Waals surface area contributed by atoms with Crippen molar-refractivity contribution >= 4 is 18.3 Å². The van der Waals surface area contributed by atoms with Crippen LogP contribution in [0.5, 0.6) is 0 Å². The van der Waals surface area contributed by atoms with E-state index in [-0.39, 0.29) is 23.9 Å². The summed E-state index contributed by atoms with van der Waals surface area (Å²) in [7, 11) is 0. The summed E-state index contributed by atoms with van der Waals surface area (Å²) in [6.45, 7) is 5.13. The molecule has 1 rings (SSSR count). The predicted octanol–water partition coefficient (Wildman–Crippen LogP) is 2.55. The van der Waals surface area contributed by atoms with Gasteiger partial charge in [-0.15, -0.1) is 12.4 Å². The van der Waals surface area contributed by atoms with Gasteiger partial charge in [0.2, 0.25) is 5.91 Å². The molecule has 0 spiro atoms. The van der Waals surface area contributed by atoms with E-state index in [0.717, 1.165) is 12.1 Å². The highest BCUT2D eigenvalue weighted by molar-refractivity contribution is 5.85. The third-order valence-electron chi connectivity index (χ3n) is 2.81. The number of carbonyl (C=O) groups excluding carboxylic acids is 1. The third-order valence-corrected chi connectivity index (χ3v) is 2.81. The molecule has 0 aliphatic carbocycles. The summed E-state index contributed by atoms with van der Waals surface area (Å²) in [5.41, 5.74) is 5.51. The number of amides is 1. The second kappa shape index (κ2) is 7.40. The Kier molecular flexibility index (Phi) is 6.94. The monoisotopic (exact) mass is 292 g/mol. The molecule has 0 fully saturated rings. The van der Waals surface area contributed by atoms with E-state index >= 15 is 0 Å². The molecule has 1 amide bonds. The van der Waals surface area contributed by atoms with Gasteiger partial charge in [-0.3, -0.25) is 4.79 Å². The molecule has 3 nitrogen and oxygen atoms in total. The largest absolute Gasteiger partial charge is 0.348 e. The SMILES string of the molecule is CC(NC(=O)C(N)C(C)C)c1c(F)cccc1F.Cl. The van der Waals surface area contributed by atoms with E-state index in [9.17, 15) is 13.6 Å². The zero-order valence-corrected chi connectivity index (χ0v) is 11.9. The minimum Gasteiger partial charge on any atom is -0.348 e. The minimum atomic E-state index is -0.761. The van der Waals surface area contributed by atoms with Crippen molar-refractivity contribution in [3.63, 3.8) is 0 Å². The van der Waals surface area contributed by atoms with E-state index in [1.807, 2.05) is 0 Å². The van der Waals surface area contributed by atoms with E-state index in [1.165, 1.54) is 13.0 Å². The summed E-state index contributed by atoms with van der Waals surface area (Å²) in [6.07, 6.45) is 0. The van der Waals surface area contributed by atoms with E-state index in [0.29, 0.717) is 0 Å². The van der Waals surface area contributed by atoms with Gasteiger partial charge in [0.25, 0.3) is 0 Å². The zero-order valence-electron chi connectivity index (χ0n) is 11.1. The van der Waals surface area contributed by atoms with Gasteiger partial charge in [0.05, 0.1) is 12.1 Å². The lowest BCUT2D eigenvalue weighted by Gasteiger charge is -2.20. The molecule has 0 aliphatic rings. The van der Waals surface area contributed by atoms with Crippen molar-refractivity contribution in [3.8, 4) is 0 Å². The molecule has 2 unspecified atom stereocenters. The topological polar surface area (TPSA) is 55.1 Å². The number of rotatable bonds is 4. The number of hydrogen-bond acceptors (Lipinski definition) is 2. The number of benzene rings is 1. The van der Waals surface area contributed by atoms with Crippen molar-refractivity contribution in [2.75, 3.05) is 0 Å². The van der Waals surface area contributed by atoms with Gasteiger partial charge < -0.3 is 11.1 Å². The summed E-state index contributed by atoms with van der Waals surface area (Å²) >= 11 is 0. The minimum absolute atomic E-state index is 0.